The number of nitroso groups, excluding NO2 is 1. The Hall–Kier alpha value is -4.44. The Labute approximate surface area is 213 Å². The minimum Gasteiger partial charge on any atom is -0.399 e. The lowest BCUT2D eigenvalue weighted by Gasteiger charge is -2.22. The van der Waals surface area contributed by atoms with Crippen LogP contribution in [0.3, 0.4) is 0 Å². The van der Waals surface area contributed by atoms with E-state index in [1.807, 2.05) is 54.1 Å². The zero-order valence-corrected chi connectivity index (χ0v) is 20.6. The van der Waals surface area contributed by atoms with Crippen LogP contribution in [0.1, 0.15) is 10.4 Å². The predicted octanol–water partition coefficient (Wildman–Crippen LogP) is 3.49. The van der Waals surface area contributed by atoms with Crippen LogP contribution in [0.25, 0.3) is 33.3 Å². The molecule has 3 amide bonds. The van der Waals surface area contributed by atoms with Crippen molar-refractivity contribution in [3.05, 3.63) is 76.5 Å². The summed E-state index contributed by atoms with van der Waals surface area (Å²) in [4.78, 5) is 34.3. The van der Waals surface area contributed by atoms with Crippen molar-refractivity contribution in [2.24, 2.45) is 12.3 Å². The third-order valence-electron chi connectivity index (χ3n) is 5.81. The maximum absolute atomic E-state index is 12.5. The lowest BCUT2D eigenvalue weighted by Crippen LogP contribution is -2.39. The molecule has 2 aromatic carbocycles. The number of urea groups is 1. The van der Waals surface area contributed by atoms with E-state index >= 15 is 0 Å². The van der Waals surface area contributed by atoms with Crippen LogP contribution in [0.2, 0.25) is 0 Å². The topological polar surface area (TPSA) is 146 Å². The molecule has 36 heavy (non-hydrogen) atoms. The zero-order valence-electron chi connectivity index (χ0n) is 19.7. The second-order valence-corrected chi connectivity index (χ2v) is 8.12. The summed E-state index contributed by atoms with van der Waals surface area (Å²) in [6.07, 6.45) is 0. The molecule has 2 aliphatic rings. The van der Waals surface area contributed by atoms with Gasteiger partial charge in [-0.15, -0.1) is 17.3 Å². The molecule has 0 radical (unpaired) electrons. The molecule has 1 heterocycles. The van der Waals surface area contributed by atoms with Gasteiger partial charge < -0.3 is 26.3 Å². The number of carbonyl (C=O) groups excluding carboxylic acids is 2. The Bertz CT molecular complexity index is 1470. The summed E-state index contributed by atoms with van der Waals surface area (Å²) < 4.78 is 2.04. The van der Waals surface area contributed by atoms with E-state index in [9.17, 15) is 14.5 Å². The number of benzene rings is 3. The molecule has 1 aliphatic heterocycles. The summed E-state index contributed by atoms with van der Waals surface area (Å²) >= 11 is 0. The lowest BCUT2D eigenvalue weighted by atomic mass is 9.95. The van der Waals surface area contributed by atoms with Crippen LogP contribution in [-0.4, -0.2) is 41.7 Å². The first-order valence-corrected chi connectivity index (χ1v) is 10.9. The number of rotatable bonds is 6. The minimum absolute atomic E-state index is 0. The van der Waals surface area contributed by atoms with Gasteiger partial charge in [-0.2, -0.15) is 5.01 Å². The van der Waals surface area contributed by atoms with E-state index in [4.69, 9.17) is 11.1 Å². The Kier molecular flexibility index (Phi) is 7.90. The van der Waals surface area contributed by atoms with Gasteiger partial charge in [0.05, 0.1) is 22.0 Å². The number of aromatic nitrogens is 1. The van der Waals surface area contributed by atoms with Crippen molar-refractivity contribution in [1.82, 2.24) is 20.2 Å². The first-order chi connectivity index (χ1) is 16.8. The third-order valence-corrected chi connectivity index (χ3v) is 5.81. The molecular weight excluding hydrogens is 482 g/mol. The maximum Gasteiger partial charge on any atom is 0.340 e. The fourth-order valence-corrected chi connectivity index (χ4v) is 4.06. The first-order valence-electron chi connectivity index (χ1n) is 10.9. The molecule has 5 N–H and O–H groups in total. The summed E-state index contributed by atoms with van der Waals surface area (Å²) in [5.41, 5.74) is 11.0. The van der Waals surface area contributed by atoms with Crippen molar-refractivity contribution < 1.29 is 9.59 Å². The quantitative estimate of drug-likeness (QED) is 0.104. The molecule has 0 saturated carbocycles. The van der Waals surface area contributed by atoms with Gasteiger partial charge in [0.15, 0.2) is 0 Å². The molecule has 11 heteroatoms. The molecule has 0 atom stereocenters. The molecule has 186 valence electrons. The van der Waals surface area contributed by atoms with Gasteiger partial charge in [-0.05, 0) is 47.3 Å². The molecule has 0 aromatic heterocycles. The van der Waals surface area contributed by atoms with E-state index < -0.39 is 6.03 Å². The average Bonchev–Trinajstić information content (AvgIpc) is 2.86. The highest BCUT2D eigenvalue weighted by molar-refractivity contribution is 6.06. The number of carbonyl (C=O) groups is 2. The van der Waals surface area contributed by atoms with Crippen LogP contribution in [0.15, 0.2) is 65.9 Å². The van der Waals surface area contributed by atoms with E-state index in [0.29, 0.717) is 21.6 Å². The summed E-state index contributed by atoms with van der Waals surface area (Å²) in [6.45, 7) is 0.346. The standard InChI is InChI=1S/C25H25N7O3.ClH/c1-31-22-14-18(27)8-10-20(22)19-9-7-17(26)13-21(19)23(31)15-3-5-16(6-4-15)24(33)28-11-12-29-25(34)32(2)30-35;/h3-10,13-14,27H,11-12,26H2,1-2H3,(H,28,33)(H,29,34);1H. The van der Waals surface area contributed by atoms with Crippen LogP contribution < -0.4 is 21.7 Å². The van der Waals surface area contributed by atoms with Gasteiger partial charge in [0.25, 0.3) is 5.91 Å². The smallest absolute Gasteiger partial charge is 0.340 e. The lowest BCUT2D eigenvalue weighted by molar-refractivity contribution is 0.0953. The highest BCUT2D eigenvalue weighted by Crippen LogP contribution is 2.38. The fraction of sp³-hybridized carbons (Fsp3) is 0.160. The van der Waals surface area contributed by atoms with Crippen LogP contribution in [0.4, 0.5) is 10.5 Å². The fourth-order valence-electron chi connectivity index (χ4n) is 4.06. The zero-order chi connectivity index (χ0) is 25.1. The van der Waals surface area contributed by atoms with Crippen molar-refractivity contribution in [2.45, 2.75) is 0 Å². The summed E-state index contributed by atoms with van der Waals surface area (Å²) in [5, 5.41) is 18.8. The Morgan fingerprint density at radius 3 is 2.39 bits per heavy atom. The molecule has 0 unspecified atom stereocenters. The van der Waals surface area contributed by atoms with Crippen LogP contribution >= 0.6 is 12.4 Å². The molecule has 4 rings (SSSR count). The SMILES string of the molecule is CN(N=O)C(=O)NCCNC(=O)c1ccc(-c2c3cc(N)ccc3c3ccc(=N)cc-3n2C)cc1.Cl. The number of fused-ring (bicyclic) bond motifs is 3. The molecule has 2 aromatic rings. The first kappa shape index (κ1) is 26.2. The number of halogens is 1. The summed E-state index contributed by atoms with van der Waals surface area (Å²) in [7, 11) is 3.19. The molecule has 0 saturated heterocycles. The summed E-state index contributed by atoms with van der Waals surface area (Å²) in [5.74, 6) is -0.288. The number of nitrogens with zero attached hydrogens (tertiary/aromatic N) is 3. The number of anilines is 1. The molecule has 0 bridgehead atoms. The second kappa shape index (κ2) is 10.9. The number of nitrogen functional groups attached to an aromatic ring is 1. The van der Waals surface area contributed by atoms with Gasteiger partial charge in [-0.25, -0.2) is 4.79 Å². The average molecular weight is 508 g/mol. The predicted molar refractivity (Wildman–Crippen MR) is 142 cm³/mol. The van der Waals surface area contributed by atoms with Gasteiger partial charge >= 0.3 is 6.03 Å². The monoisotopic (exact) mass is 507 g/mol. The van der Waals surface area contributed by atoms with E-state index in [1.54, 1.807) is 18.2 Å². The largest absolute Gasteiger partial charge is 0.399 e. The van der Waals surface area contributed by atoms with Crippen LogP contribution in [-0.2, 0) is 7.05 Å². The Morgan fingerprint density at radius 1 is 1.00 bits per heavy atom. The second-order valence-electron chi connectivity index (χ2n) is 8.12. The van der Waals surface area contributed by atoms with Gasteiger partial charge in [-0.3, -0.25) is 4.79 Å². The number of amides is 3. The number of pyridine rings is 1. The minimum atomic E-state index is -0.646. The number of nitrogens with one attached hydrogen (secondary N) is 3. The van der Waals surface area contributed by atoms with Crippen molar-refractivity contribution >= 4 is 40.8 Å². The molecular formula is C25H26ClN7O3. The Balaban J connectivity index is 0.00000361. The van der Waals surface area contributed by atoms with Gasteiger partial charge in [0, 0.05) is 49.4 Å². The number of nitrogens with two attached hydrogens (primary N) is 1. The highest BCUT2D eigenvalue weighted by Gasteiger charge is 2.17. The van der Waals surface area contributed by atoms with Crippen molar-refractivity contribution in [1.29, 1.82) is 5.41 Å². The molecule has 0 spiro atoms. The summed E-state index contributed by atoms with van der Waals surface area (Å²) in [6, 6.07) is 17.9. The third kappa shape index (κ3) is 5.13. The molecule has 0 fully saturated rings. The van der Waals surface area contributed by atoms with Gasteiger partial charge in [0.1, 0.15) is 0 Å². The maximum atomic E-state index is 12.5. The normalized spacial score (nSPS) is 10.5. The van der Waals surface area contributed by atoms with Crippen molar-refractivity contribution in [3.63, 3.8) is 0 Å². The van der Waals surface area contributed by atoms with E-state index in [1.165, 1.54) is 7.05 Å². The van der Waals surface area contributed by atoms with E-state index in [2.05, 4.69) is 15.9 Å². The van der Waals surface area contributed by atoms with Gasteiger partial charge in [-0.1, -0.05) is 24.3 Å². The van der Waals surface area contributed by atoms with Crippen molar-refractivity contribution in [3.8, 4) is 22.5 Å². The van der Waals surface area contributed by atoms with E-state index in [0.717, 1.165) is 33.3 Å². The Morgan fingerprint density at radius 2 is 1.69 bits per heavy atom. The highest BCUT2D eigenvalue weighted by atomic mass is 35.5. The van der Waals surface area contributed by atoms with Gasteiger partial charge in [0.2, 0.25) is 0 Å². The van der Waals surface area contributed by atoms with Crippen molar-refractivity contribution in [2.75, 3.05) is 25.9 Å². The van der Waals surface area contributed by atoms with Crippen LogP contribution in [0.5, 0.6) is 0 Å². The number of hydrogen-bond acceptors (Lipinski definition) is 6. The van der Waals surface area contributed by atoms with Crippen LogP contribution in [0, 0.1) is 10.3 Å². The molecule has 10 nitrogen and oxygen atoms in total. The van der Waals surface area contributed by atoms with E-state index in [-0.39, 0.29) is 31.4 Å². The number of hydrogen-bond donors (Lipinski definition) is 4. The molecule has 1 aliphatic carbocycles.